The number of benzene rings is 1. The van der Waals surface area contributed by atoms with Crippen LogP contribution in [-0.2, 0) is 4.79 Å². The third-order valence-corrected chi connectivity index (χ3v) is 6.47. The summed E-state index contributed by atoms with van der Waals surface area (Å²) in [7, 11) is 0. The molecule has 1 fully saturated rings. The summed E-state index contributed by atoms with van der Waals surface area (Å²) in [5, 5.41) is 12.2. The van der Waals surface area contributed by atoms with E-state index in [1.165, 1.54) is 12.3 Å². The van der Waals surface area contributed by atoms with Gasteiger partial charge in [0.15, 0.2) is 0 Å². The summed E-state index contributed by atoms with van der Waals surface area (Å²) in [4.78, 5) is 28.3. The molecule has 34 heavy (non-hydrogen) atoms. The van der Waals surface area contributed by atoms with Crippen molar-refractivity contribution in [1.82, 2.24) is 19.9 Å². The van der Waals surface area contributed by atoms with Gasteiger partial charge in [-0.25, -0.2) is 28.7 Å². The summed E-state index contributed by atoms with van der Waals surface area (Å²) in [6.45, 7) is 4.04. The van der Waals surface area contributed by atoms with Crippen molar-refractivity contribution in [3.63, 3.8) is 0 Å². The summed E-state index contributed by atoms with van der Waals surface area (Å²) >= 11 is 0. The van der Waals surface area contributed by atoms with Gasteiger partial charge in [-0.3, -0.25) is 4.79 Å². The van der Waals surface area contributed by atoms with Crippen LogP contribution in [0.4, 0.5) is 20.4 Å². The van der Waals surface area contributed by atoms with E-state index < -0.39 is 12.4 Å². The normalized spacial score (nSPS) is 19.1. The summed E-state index contributed by atoms with van der Waals surface area (Å²) in [5.41, 5.74) is 3.03. The lowest BCUT2D eigenvalue weighted by molar-refractivity contribution is -0.143. The summed E-state index contributed by atoms with van der Waals surface area (Å²) in [6.07, 6.45) is 5.34. The van der Waals surface area contributed by atoms with E-state index >= 15 is 0 Å². The number of carbonyl (C=O) groups is 1. The number of carboxylic acids is 1. The predicted molar refractivity (Wildman–Crippen MR) is 124 cm³/mol. The molecular weight excluding hydrogens is 440 g/mol. The first-order chi connectivity index (χ1) is 16.3. The van der Waals surface area contributed by atoms with Crippen LogP contribution in [0.5, 0.6) is 0 Å². The van der Waals surface area contributed by atoms with Gasteiger partial charge in [-0.1, -0.05) is 13.0 Å². The van der Waals surface area contributed by atoms with Crippen molar-refractivity contribution < 1.29 is 18.7 Å². The number of hydrogen-bond donors (Lipinski definition) is 2. The lowest BCUT2D eigenvalue weighted by Crippen LogP contribution is -2.24. The standard InChI is InChI=1S/C25H27F2N5O2/c1-14-9-18(11-20(10-14)31-25-28-8-7-21(32-25)22(26)27)19-12-29-23(30-13-19)15(2)16-3-5-17(6-4-16)24(33)34/h7-13,15-17,22H,3-6H2,1-2H3,(H,33,34)(H,28,31,32)/t15-,16-,17-/m0/s1. The maximum atomic E-state index is 12.9. The molecule has 0 unspecified atom stereocenters. The van der Waals surface area contributed by atoms with Crippen LogP contribution in [0.2, 0.25) is 0 Å². The molecule has 2 N–H and O–H groups in total. The van der Waals surface area contributed by atoms with E-state index in [-0.39, 0.29) is 23.5 Å². The number of aliphatic carboxylic acids is 1. The maximum absolute atomic E-state index is 12.9. The largest absolute Gasteiger partial charge is 0.481 e. The van der Waals surface area contributed by atoms with Crippen molar-refractivity contribution >= 4 is 17.6 Å². The first kappa shape index (κ1) is 23.7. The minimum absolute atomic E-state index is 0.104. The van der Waals surface area contributed by atoms with Gasteiger partial charge in [0.25, 0.3) is 6.43 Å². The van der Waals surface area contributed by atoms with Crippen LogP contribution in [-0.4, -0.2) is 31.0 Å². The van der Waals surface area contributed by atoms with Gasteiger partial charge in [-0.05, 0) is 67.9 Å². The van der Waals surface area contributed by atoms with Crippen LogP contribution >= 0.6 is 0 Å². The molecule has 0 saturated heterocycles. The van der Waals surface area contributed by atoms with Gasteiger partial charge in [0, 0.05) is 35.8 Å². The van der Waals surface area contributed by atoms with Crippen molar-refractivity contribution in [2.75, 3.05) is 5.32 Å². The molecular formula is C25H27F2N5O2. The number of alkyl halides is 2. The van der Waals surface area contributed by atoms with Crippen molar-refractivity contribution in [3.05, 3.63) is 59.9 Å². The van der Waals surface area contributed by atoms with Crippen LogP contribution in [0.3, 0.4) is 0 Å². The van der Waals surface area contributed by atoms with E-state index in [0.717, 1.165) is 35.4 Å². The molecule has 1 atom stereocenters. The highest BCUT2D eigenvalue weighted by Gasteiger charge is 2.30. The van der Waals surface area contributed by atoms with Gasteiger partial charge >= 0.3 is 5.97 Å². The highest BCUT2D eigenvalue weighted by Crippen LogP contribution is 2.37. The molecule has 3 aromatic rings. The quantitative estimate of drug-likeness (QED) is 0.445. The smallest absolute Gasteiger partial charge is 0.306 e. The van der Waals surface area contributed by atoms with Crippen molar-refractivity contribution in [3.8, 4) is 11.1 Å². The topological polar surface area (TPSA) is 101 Å². The average molecular weight is 468 g/mol. The highest BCUT2D eigenvalue weighted by atomic mass is 19.3. The maximum Gasteiger partial charge on any atom is 0.306 e. The van der Waals surface area contributed by atoms with E-state index in [2.05, 4.69) is 32.2 Å². The van der Waals surface area contributed by atoms with Gasteiger partial charge in [-0.15, -0.1) is 0 Å². The first-order valence-corrected chi connectivity index (χ1v) is 11.3. The van der Waals surface area contributed by atoms with Gasteiger partial charge < -0.3 is 10.4 Å². The molecule has 0 spiro atoms. The Balaban J connectivity index is 1.48. The van der Waals surface area contributed by atoms with E-state index in [9.17, 15) is 18.7 Å². The number of carboxylic acid groups (broad SMARTS) is 1. The molecule has 178 valence electrons. The van der Waals surface area contributed by atoms with Crippen molar-refractivity contribution in [2.24, 2.45) is 11.8 Å². The predicted octanol–water partition coefficient (Wildman–Crippen LogP) is 5.92. The van der Waals surface area contributed by atoms with E-state index in [1.807, 2.05) is 25.1 Å². The fourth-order valence-corrected chi connectivity index (χ4v) is 4.50. The van der Waals surface area contributed by atoms with Gasteiger partial charge in [0.05, 0.1) is 5.92 Å². The zero-order valence-electron chi connectivity index (χ0n) is 19.1. The van der Waals surface area contributed by atoms with Crippen LogP contribution in [0.15, 0.2) is 42.9 Å². The van der Waals surface area contributed by atoms with Crippen LogP contribution in [0.1, 0.15) is 62.0 Å². The molecule has 1 saturated carbocycles. The number of anilines is 2. The molecule has 7 nitrogen and oxygen atoms in total. The molecule has 2 aromatic heterocycles. The SMILES string of the molecule is Cc1cc(Nc2nccc(C(F)F)n2)cc(-c2cnc([C@@H](C)[C@H]3CC[C@H](C(=O)O)CC3)nc2)c1. The number of nitrogens with one attached hydrogen (secondary N) is 1. The zero-order chi connectivity index (χ0) is 24.2. The molecule has 0 aliphatic heterocycles. The van der Waals surface area contributed by atoms with Gasteiger partial charge in [-0.2, -0.15) is 0 Å². The van der Waals surface area contributed by atoms with Gasteiger partial charge in [0.2, 0.25) is 5.95 Å². The Hall–Kier alpha value is -3.49. The van der Waals surface area contributed by atoms with Crippen molar-refractivity contribution in [2.45, 2.75) is 51.9 Å². The molecule has 0 radical (unpaired) electrons. The Bertz CT molecular complexity index is 1150. The fourth-order valence-electron chi connectivity index (χ4n) is 4.50. The number of nitrogens with zero attached hydrogens (tertiary/aromatic N) is 4. The molecule has 1 aromatic carbocycles. The molecule has 0 amide bonds. The fraction of sp³-hybridized carbons (Fsp3) is 0.400. The Labute approximate surface area is 196 Å². The number of aryl methyl sites for hydroxylation is 1. The summed E-state index contributed by atoms with van der Waals surface area (Å²) in [6, 6.07) is 6.94. The number of aromatic nitrogens is 4. The summed E-state index contributed by atoms with van der Waals surface area (Å²) in [5.74, 6) is 0.447. The van der Waals surface area contributed by atoms with Crippen LogP contribution in [0.25, 0.3) is 11.1 Å². The van der Waals surface area contributed by atoms with Crippen LogP contribution < -0.4 is 5.32 Å². The number of hydrogen-bond acceptors (Lipinski definition) is 6. The molecule has 1 aliphatic carbocycles. The number of halogens is 2. The monoisotopic (exact) mass is 467 g/mol. The van der Waals surface area contributed by atoms with Crippen molar-refractivity contribution in [1.29, 1.82) is 0 Å². The second-order valence-corrected chi connectivity index (χ2v) is 8.89. The molecule has 0 bridgehead atoms. The first-order valence-electron chi connectivity index (χ1n) is 11.3. The molecule has 9 heteroatoms. The zero-order valence-corrected chi connectivity index (χ0v) is 19.1. The van der Waals surface area contributed by atoms with E-state index in [4.69, 9.17) is 0 Å². The summed E-state index contributed by atoms with van der Waals surface area (Å²) < 4.78 is 25.9. The minimum atomic E-state index is -2.66. The molecule has 4 rings (SSSR count). The average Bonchev–Trinajstić information content (AvgIpc) is 2.83. The minimum Gasteiger partial charge on any atom is -0.481 e. The second-order valence-electron chi connectivity index (χ2n) is 8.89. The Kier molecular flexibility index (Phi) is 7.09. The Morgan fingerprint density at radius 3 is 2.41 bits per heavy atom. The lowest BCUT2D eigenvalue weighted by atomic mass is 9.76. The highest BCUT2D eigenvalue weighted by molar-refractivity contribution is 5.70. The lowest BCUT2D eigenvalue weighted by Gasteiger charge is -2.29. The third-order valence-electron chi connectivity index (χ3n) is 6.47. The van der Waals surface area contributed by atoms with Gasteiger partial charge in [0.1, 0.15) is 11.5 Å². The molecule has 2 heterocycles. The second kappa shape index (κ2) is 10.2. The third kappa shape index (κ3) is 5.52. The number of rotatable bonds is 7. The Morgan fingerprint density at radius 2 is 1.76 bits per heavy atom. The van der Waals surface area contributed by atoms with E-state index in [0.29, 0.717) is 24.4 Å². The van der Waals surface area contributed by atoms with E-state index in [1.54, 1.807) is 12.4 Å². The molecule has 1 aliphatic rings. The Morgan fingerprint density at radius 1 is 1.06 bits per heavy atom. The van der Waals surface area contributed by atoms with Crippen LogP contribution in [0, 0.1) is 18.8 Å².